The third-order valence-corrected chi connectivity index (χ3v) is 7.91. The number of hydrogen-bond donors (Lipinski definition) is 0. The van der Waals surface area contributed by atoms with Crippen molar-refractivity contribution in [1.82, 2.24) is 0 Å². The number of fused-ring (bicyclic) bond motifs is 2. The van der Waals surface area contributed by atoms with Crippen LogP contribution >= 0.6 is 11.6 Å². The highest BCUT2D eigenvalue weighted by Gasteiger charge is 2.36. The summed E-state index contributed by atoms with van der Waals surface area (Å²) in [5.41, 5.74) is 1.04. The van der Waals surface area contributed by atoms with Gasteiger partial charge in [-0.1, -0.05) is 63.1 Å². The second-order valence-electron chi connectivity index (χ2n) is 9.55. The lowest BCUT2D eigenvalue weighted by atomic mass is 9.63. The van der Waals surface area contributed by atoms with E-state index in [9.17, 15) is 8.78 Å². The molecule has 29 heavy (non-hydrogen) atoms. The highest BCUT2D eigenvalue weighted by Crippen LogP contribution is 2.48. The fraction of sp³-hybridized carbons (Fsp3) is 0.615. The first kappa shape index (κ1) is 21.1. The molecular formula is C26H33ClF2. The zero-order valence-electron chi connectivity index (χ0n) is 17.5. The molecule has 4 unspecified atom stereocenters. The van der Waals surface area contributed by atoms with Gasteiger partial charge in [-0.05, 0) is 84.9 Å². The topological polar surface area (TPSA) is 0 Å². The van der Waals surface area contributed by atoms with Gasteiger partial charge in [0.1, 0.15) is 11.6 Å². The Kier molecular flexibility index (Phi) is 6.79. The summed E-state index contributed by atoms with van der Waals surface area (Å²) in [5, 5.41) is 1.02. The van der Waals surface area contributed by atoms with E-state index in [2.05, 4.69) is 6.92 Å². The molecule has 2 fully saturated rings. The van der Waals surface area contributed by atoms with Crippen LogP contribution in [0.4, 0.5) is 8.78 Å². The van der Waals surface area contributed by atoms with Crippen LogP contribution in [0.1, 0.15) is 89.0 Å². The Morgan fingerprint density at radius 2 is 1.66 bits per heavy atom. The summed E-state index contributed by atoms with van der Waals surface area (Å²) in [6, 6.07) is 6.44. The van der Waals surface area contributed by atoms with E-state index in [1.54, 1.807) is 6.07 Å². The molecule has 0 saturated heterocycles. The van der Waals surface area contributed by atoms with Crippen LogP contribution in [0.15, 0.2) is 24.3 Å². The molecule has 2 aromatic rings. The Morgan fingerprint density at radius 3 is 2.48 bits per heavy atom. The largest absolute Gasteiger partial charge is 0.206 e. The predicted octanol–water partition coefficient (Wildman–Crippen LogP) is 9.04. The molecule has 2 aliphatic carbocycles. The SMILES string of the molecule is CCCCCCC1CCC2CC(c3cc(F)c4cc(Cl)c(F)cc4c3)CCC2C1. The zero-order chi connectivity index (χ0) is 20.4. The molecule has 0 aliphatic heterocycles. The lowest BCUT2D eigenvalue weighted by Crippen LogP contribution is -2.30. The van der Waals surface area contributed by atoms with Crippen LogP contribution in [-0.2, 0) is 0 Å². The van der Waals surface area contributed by atoms with Crippen LogP contribution in [-0.4, -0.2) is 0 Å². The molecule has 0 amide bonds. The first-order valence-electron chi connectivity index (χ1n) is 11.6. The average Bonchev–Trinajstić information content (AvgIpc) is 2.72. The Morgan fingerprint density at radius 1 is 0.862 bits per heavy atom. The summed E-state index contributed by atoms with van der Waals surface area (Å²) >= 11 is 5.84. The van der Waals surface area contributed by atoms with Crippen LogP contribution in [0.3, 0.4) is 0 Å². The molecule has 0 spiro atoms. The summed E-state index contributed by atoms with van der Waals surface area (Å²) in [5.74, 6) is 2.21. The Labute approximate surface area is 179 Å². The van der Waals surface area contributed by atoms with Crippen LogP contribution < -0.4 is 0 Å². The molecule has 2 aromatic carbocycles. The first-order valence-corrected chi connectivity index (χ1v) is 12.0. The van der Waals surface area contributed by atoms with E-state index in [1.807, 2.05) is 6.07 Å². The summed E-state index contributed by atoms with van der Waals surface area (Å²) in [7, 11) is 0. The molecule has 158 valence electrons. The smallest absolute Gasteiger partial charge is 0.142 e. The highest BCUT2D eigenvalue weighted by molar-refractivity contribution is 6.31. The van der Waals surface area contributed by atoms with Crippen molar-refractivity contribution >= 4 is 22.4 Å². The van der Waals surface area contributed by atoms with Gasteiger partial charge in [0.2, 0.25) is 0 Å². The van der Waals surface area contributed by atoms with E-state index in [1.165, 1.54) is 69.9 Å². The van der Waals surface area contributed by atoms with Gasteiger partial charge in [0.05, 0.1) is 5.02 Å². The fourth-order valence-corrected chi connectivity index (χ4v) is 6.14. The predicted molar refractivity (Wildman–Crippen MR) is 119 cm³/mol. The maximum absolute atomic E-state index is 14.7. The van der Waals surface area contributed by atoms with Gasteiger partial charge in [0.25, 0.3) is 0 Å². The van der Waals surface area contributed by atoms with Gasteiger partial charge in [-0.2, -0.15) is 0 Å². The van der Waals surface area contributed by atoms with E-state index >= 15 is 0 Å². The monoisotopic (exact) mass is 418 g/mol. The lowest BCUT2D eigenvalue weighted by molar-refractivity contribution is 0.113. The number of benzene rings is 2. The minimum atomic E-state index is -0.475. The van der Waals surface area contributed by atoms with Gasteiger partial charge < -0.3 is 0 Å². The van der Waals surface area contributed by atoms with Crippen LogP contribution in [0, 0.1) is 29.4 Å². The lowest BCUT2D eigenvalue weighted by Gasteiger charge is -2.42. The van der Waals surface area contributed by atoms with Gasteiger partial charge >= 0.3 is 0 Å². The molecule has 0 aromatic heterocycles. The van der Waals surface area contributed by atoms with Gasteiger partial charge in [-0.3, -0.25) is 0 Å². The second kappa shape index (κ2) is 9.33. The average molecular weight is 419 g/mol. The molecule has 2 saturated carbocycles. The summed E-state index contributed by atoms with van der Waals surface area (Å²) in [6.45, 7) is 2.27. The highest BCUT2D eigenvalue weighted by atomic mass is 35.5. The molecule has 4 rings (SSSR count). The van der Waals surface area contributed by atoms with E-state index in [0.717, 1.165) is 36.2 Å². The molecule has 4 atom stereocenters. The molecule has 0 heterocycles. The minimum Gasteiger partial charge on any atom is -0.206 e. The summed E-state index contributed by atoms with van der Waals surface area (Å²) in [6.07, 6.45) is 14.5. The molecule has 0 radical (unpaired) electrons. The number of hydrogen-bond acceptors (Lipinski definition) is 0. The van der Waals surface area contributed by atoms with Gasteiger partial charge in [0, 0.05) is 5.39 Å². The Hall–Kier alpha value is -1.15. The van der Waals surface area contributed by atoms with Gasteiger partial charge in [-0.25, -0.2) is 8.78 Å². The molecule has 2 aliphatic rings. The Balaban J connectivity index is 1.41. The van der Waals surface area contributed by atoms with Crippen molar-refractivity contribution in [3.05, 3.63) is 46.5 Å². The van der Waals surface area contributed by atoms with Gasteiger partial charge in [-0.15, -0.1) is 0 Å². The van der Waals surface area contributed by atoms with Crippen LogP contribution in [0.2, 0.25) is 5.02 Å². The van der Waals surface area contributed by atoms with Crippen molar-refractivity contribution in [2.75, 3.05) is 0 Å². The van der Waals surface area contributed by atoms with E-state index in [4.69, 9.17) is 11.6 Å². The first-order chi connectivity index (χ1) is 14.0. The van der Waals surface area contributed by atoms with Crippen molar-refractivity contribution in [2.24, 2.45) is 17.8 Å². The maximum atomic E-state index is 14.7. The van der Waals surface area contributed by atoms with Crippen LogP contribution in [0.5, 0.6) is 0 Å². The van der Waals surface area contributed by atoms with E-state index in [-0.39, 0.29) is 10.8 Å². The van der Waals surface area contributed by atoms with E-state index in [0.29, 0.717) is 16.7 Å². The second-order valence-corrected chi connectivity index (χ2v) is 9.96. The zero-order valence-corrected chi connectivity index (χ0v) is 18.3. The molecular weight excluding hydrogens is 386 g/mol. The maximum Gasteiger partial charge on any atom is 0.142 e. The quantitative estimate of drug-likeness (QED) is 0.410. The summed E-state index contributed by atoms with van der Waals surface area (Å²) in [4.78, 5) is 0. The molecule has 0 nitrogen and oxygen atoms in total. The summed E-state index contributed by atoms with van der Waals surface area (Å²) < 4.78 is 28.6. The van der Waals surface area contributed by atoms with Crippen molar-refractivity contribution in [3.63, 3.8) is 0 Å². The minimum absolute atomic E-state index is 0.0175. The number of rotatable bonds is 6. The standard InChI is InChI=1S/C26H33ClF2/c1-2-3-4-5-6-17-7-8-19-12-20(10-9-18(19)11-17)21-13-22-15-26(29)24(27)16-23(22)25(28)14-21/h13-20H,2-12H2,1H3. The van der Waals surface area contributed by atoms with Gasteiger partial charge in [0.15, 0.2) is 0 Å². The van der Waals surface area contributed by atoms with Crippen molar-refractivity contribution in [1.29, 1.82) is 0 Å². The third kappa shape index (κ3) is 4.79. The third-order valence-electron chi connectivity index (χ3n) is 7.62. The molecule has 0 bridgehead atoms. The van der Waals surface area contributed by atoms with Crippen molar-refractivity contribution in [3.8, 4) is 0 Å². The van der Waals surface area contributed by atoms with E-state index < -0.39 is 5.82 Å². The van der Waals surface area contributed by atoms with Crippen molar-refractivity contribution < 1.29 is 8.78 Å². The number of halogens is 3. The van der Waals surface area contributed by atoms with Crippen molar-refractivity contribution in [2.45, 2.75) is 83.5 Å². The molecule has 3 heteroatoms. The Bertz CT molecular complexity index is 846. The fourth-order valence-electron chi connectivity index (χ4n) is 5.98. The normalized spacial score (nSPS) is 27.2. The van der Waals surface area contributed by atoms with Crippen LogP contribution in [0.25, 0.3) is 10.8 Å². The molecule has 0 N–H and O–H groups in total. The number of unbranched alkanes of at least 4 members (excludes halogenated alkanes) is 3.